The highest BCUT2D eigenvalue weighted by molar-refractivity contribution is 5.94. The van der Waals surface area contributed by atoms with E-state index in [4.69, 9.17) is 9.90 Å². The lowest BCUT2D eigenvalue weighted by Crippen LogP contribution is -2.56. The van der Waals surface area contributed by atoms with Crippen LogP contribution in [-0.2, 0) is 9.59 Å². The predicted molar refractivity (Wildman–Crippen MR) is 112 cm³/mol. The van der Waals surface area contributed by atoms with Crippen molar-refractivity contribution in [2.24, 2.45) is 17.8 Å². The molecule has 10 heteroatoms. The van der Waals surface area contributed by atoms with Gasteiger partial charge in [0.15, 0.2) is 0 Å². The van der Waals surface area contributed by atoms with Crippen molar-refractivity contribution >= 4 is 17.8 Å². The fraction of sp³-hybridized carbons (Fsp3) is 0.609. The highest BCUT2D eigenvalue weighted by atomic mass is 19.4. The highest BCUT2D eigenvalue weighted by Gasteiger charge is 2.57. The van der Waals surface area contributed by atoms with Gasteiger partial charge in [-0.2, -0.15) is 13.2 Å². The molecule has 3 saturated heterocycles. The number of carbonyl (C=O) groups is 3. The van der Waals surface area contributed by atoms with Gasteiger partial charge in [-0.1, -0.05) is 18.2 Å². The van der Waals surface area contributed by atoms with E-state index in [0.29, 0.717) is 5.92 Å². The number of carboxylic acid groups (broad SMARTS) is 1. The maximum Gasteiger partial charge on any atom is 0.490 e. The van der Waals surface area contributed by atoms with Crippen LogP contribution in [0.1, 0.15) is 36.0 Å². The van der Waals surface area contributed by atoms with Gasteiger partial charge in [0.1, 0.15) is 0 Å². The molecule has 1 aromatic rings. The van der Waals surface area contributed by atoms with Crippen molar-refractivity contribution in [3.63, 3.8) is 0 Å². The molecule has 4 aliphatic rings. The van der Waals surface area contributed by atoms with Crippen LogP contribution < -0.4 is 5.32 Å². The van der Waals surface area contributed by atoms with E-state index in [1.807, 2.05) is 35.2 Å². The van der Waals surface area contributed by atoms with Crippen LogP contribution in [0.15, 0.2) is 30.3 Å². The first-order chi connectivity index (χ1) is 15.6. The zero-order chi connectivity index (χ0) is 23.8. The van der Waals surface area contributed by atoms with Crippen molar-refractivity contribution in [2.45, 2.75) is 37.4 Å². The van der Waals surface area contributed by atoms with E-state index in [-0.39, 0.29) is 23.3 Å². The minimum Gasteiger partial charge on any atom is -0.475 e. The molecule has 0 bridgehead atoms. The number of halogens is 3. The summed E-state index contributed by atoms with van der Waals surface area (Å²) in [5.41, 5.74) is 0.668. The molecule has 7 nitrogen and oxygen atoms in total. The van der Waals surface area contributed by atoms with Crippen LogP contribution in [0.25, 0.3) is 0 Å². The number of rotatable bonds is 3. The van der Waals surface area contributed by atoms with E-state index in [2.05, 4.69) is 10.2 Å². The quantitative estimate of drug-likeness (QED) is 0.713. The molecule has 4 fully saturated rings. The summed E-state index contributed by atoms with van der Waals surface area (Å²) in [6.07, 6.45) is -0.592. The number of fused-ring (bicyclic) bond motifs is 2. The van der Waals surface area contributed by atoms with E-state index < -0.39 is 12.1 Å². The third-order valence-corrected chi connectivity index (χ3v) is 7.23. The zero-order valence-corrected chi connectivity index (χ0v) is 18.2. The van der Waals surface area contributed by atoms with E-state index in [0.717, 1.165) is 50.5 Å². The van der Waals surface area contributed by atoms with Gasteiger partial charge in [0.2, 0.25) is 5.91 Å². The second-order valence-electron chi connectivity index (χ2n) is 9.48. The number of nitrogens with zero attached hydrogens (tertiary/aromatic N) is 2. The maximum atomic E-state index is 12.7. The van der Waals surface area contributed by atoms with Crippen LogP contribution in [0, 0.1) is 17.8 Å². The summed E-state index contributed by atoms with van der Waals surface area (Å²) in [5, 5.41) is 10.5. The van der Waals surface area contributed by atoms with Crippen molar-refractivity contribution in [2.75, 3.05) is 32.7 Å². The van der Waals surface area contributed by atoms with E-state index in [9.17, 15) is 22.8 Å². The second kappa shape index (κ2) is 8.96. The molecular weight excluding hydrogens is 439 g/mol. The maximum absolute atomic E-state index is 12.7. The number of nitrogens with one attached hydrogen (secondary N) is 1. The number of hydrogen-bond acceptors (Lipinski definition) is 4. The molecule has 1 spiro atoms. The number of amides is 2. The Bertz CT molecular complexity index is 896. The Morgan fingerprint density at radius 3 is 2.24 bits per heavy atom. The van der Waals surface area contributed by atoms with E-state index in [1.165, 1.54) is 19.4 Å². The normalized spacial score (nSPS) is 26.4. The van der Waals surface area contributed by atoms with Crippen molar-refractivity contribution in [3.8, 4) is 0 Å². The summed E-state index contributed by atoms with van der Waals surface area (Å²) >= 11 is 0. The molecule has 3 heterocycles. The molecule has 3 aliphatic heterocycles. The van der Waals surface area contributed by atoms with Crippen LogP contribution in [0.5, 0.6) is 0 Å². The minimum atomic E-state index is -5.08. The Hall–Kier alpha value is -2.62. The average molecular weight is 467 g/mol. The fourth-order valence-corrected chi connectivity index (χ4v) is 5.32. The third-order valence-electron chi connectivity index (χ3n) is 7.23. The summed E-state index contributed by atoms with van der Waals surface area (Å²) in [4.78, 5) is 38.7. The summed E-state index contributed by atoms with van der Waals surface area (Å²) in [6, 6.07) is 9.52. The van der Waals surface area contributed by atoms with E-state index in [1.54, 1.807) is 0 Å². The molecule has 0 aromatic heterocycles. The van der Waals surface area contributed by atoms with Crippen molar-refractivity contribution in [3.05, 3.63) is 35.9 Å². The first-order valence-electron chi connectivity index (χ1n) is 11.3. The molecule has 1 aliphatic carbocycles. The number of piperidine rings is 1. The third kappa shape index (κ3) is 5.15. The topological polar surface area (TPSA) is 89.9 Å². The van der Waals surface area contributed by atoms with Gasteiger partial charge in [0.05, 0.1) is 5.92 Å². The molecule has 180 valence electrons. The summed E-state index contributed by atoms with van der Waals surface area (Å²) in [6.45, 7) is 4.63. The molecule has 2 N–H and O–H groups in total. The lowest BCUT2D eigenvalue weighted by atomic mass is 9.75. The fourth-order valence-electron chi connectivity index (χ4n) is 5.32. The van der Waals surface area contributed by atoms with Crippen LogP contribution in [-0.4, -0.2) is 77.1 Å². The molecule has 33 heavy (non-hydrogen) atoms. The van der Waals surface area contributed by atoms with Crippen LogP contribution in [0.4, 0.5) is 13.2 Å². The average Bonchev–Trinajstić information content (AvgIpc) is 3.43. The summed E-state index contributed by atoms with van der Waals surface area (Å²) < 4.78 is 31.7. The molecule has 2 atom stereocenters. The van der Waals surface area contributed by atoms with Gasteiger partial charge < -0.3 is 20.2 Å². The molecule has 2 amide bonds. The Morgan fingerprint density at radius 1 is 1.09 bits per heavy atom. The van der Waals surface area contributed by atoms with Gasteiger partial charge >= 0.3 is 12.1 Å². The number of likely N-dealkylation sites (tertiary alicyclic amines) is 2. The number of alkyl halides is 3. The van der Waals surface area contributed by atoms with Crippen molar-refractivity contribution in [1.29, 1.82) is 0 Å². The first kappa shape index (κ1) is 23.5. The molecule has 0 radical (unpaired) electrons. The number of carboxylic acids is 1. The smallest absolute Gasteiger partial charge is 0.475 e. The second-order valence-corrected chi connectivity index (χ2v) is 9.48. The van der Waals surface area contributed by atoms with Crippen LogP contribution in [0.3, 0.4) is 0 Å². The van der Waals surface area contributed by atoms with Gasteiger partial charge in [-0.25, -0.2) is 4.79 Å². The van der Waals surface area contributed by atoms with Crippen LogP contribution in [0.2, 0.25) is 0 Å². The van der Waals surface area contributed by atoms with Crippen molar-refractivity contribution in [1.82, 2.24) is 15.1 Å². The Balaban J connectivity index is 0.000000325. The standard InChI is InChI=1S/C21H27N3O2.C2HF3O2/c25-19-17-13-23(12-15-6-7-15)14-18(17)21(22-19)8-10-24(11-9-21)20(26)16-4-2-1-3-5-16;3-2(4,5)1(6)7/h1-5,15,17-18H,6-14H2,(H,22,25);(H,6,7)/t17-,18+;/m1./s1. The van der Waals surface area contributed by atoms with Gasteiger partial charge in [-0.3, -0.25) is 9.59 Å². The molecule has 0 unspecified atom stereocenters. The SMILES string of the molecule is O=C(O)C(F)(F)F.O=C1NC2(CCN(C(=O)c3ccccc3)CC2)[C@H]2CN(CC3CC3)C[C@@H]12. The molecule has 5 rings (SSSR count). The largest absolute Gasteiger partial charge is 0.490 e. The Kier molecular flexibility index (Phi) is 6.39. The molecule has 1 aromatic carbocycles. The predicted octanol–water partition coefficient (Wildman–Crippen LogP) is 2.38. The highest BCUT2D eigenvalue weighted by Crippen LogP contribution is 2.45. The number of aliphatic carboxylic acids is 1. The van der Waals surface area contributed by atoms with Crippen molar-refractivity contribution < 1.29 is 32.7 Å². The number of benzene rings is 1. The lowest BCUT2D eigenvalue weighted by Gasteiger charge is -2.42. The van der Waals surface area contributed by atoms with Gasteiger partial charge in [-0.15, -0.1) is 0 Å². The van der Waals surface area contributed by atoms with E-state index >= 15 is 0 Å². The summed E-state index contributed by atoms with van der Waals surface area (Å²) in [5.74, 6) is -0.947. The molecule has 1 saturated carbocycles. The molecular formula is C23H28F3N3O4. The Labute approximate surface area is 189 Å². The van der Waals surface area contributed by atoms with Crippen LogP contribution >= 0.6 is 0 Å². The number of carbonyl (C=O) groups excluding carboxylic acids is 2. The minimum absolute atomic E-state index is 0.0898. The van der Waals surface area contributed by atoms with Gasteiger partial charge in [0, 0.05) is 49.7 Å². The Morgan fingerprint density at radius 2 is 1.70 bits per heavy atom. The number of hydrogen-bond donors (Lipinski definition) is 2. The van der Waals surface area contributed by atoms with Gasteiger partial charge in [0.25, 0.3) is 5.91 Å². The lowest BCUT2D eigenvalue weighted by molar-refractivity contribution is -0.192. The van der Waals surface area contributed by atoms with Gasteiger partial charge in [-0.05, 0) is 43.7 Å². The summed E-state index contributed by atoms with van der Waals surface area (Å²) in [7, 11) is 0. The zero-order valence-electron chi connectivity index (χ0n) is 18.2. The first-order valence-corrected chi connectivity index (χ1v) is 11.3. The monoisotopic (exact) mass is 467 g/mol.